The molecule has 15 heavy (non-hydrogen) atoms. The fourth-order valence-electron chi connectivity index (χ4n) is 1.72. The molecular formula is C13H14O2. The molecule has 0 N–H and O–H groups in total. The number of benzene rings is 1. The number of methoxy groups -OCH3 is 1. The highest BCUT2D eigenvalue weighted by Gasteiger charge is 2.26. The van der Waals surface area contributed by atoms with E-state index in [1.807, 2.05) is 24.3 Å². The van der Waals surface area contributed by atoms with Crippen molar-refractivity contribution in [2.24, 2.45) is 5.92 Å². The highest BCUT2D eigenvalue weighted by molar-refractivity contribution is 5.83. The van der Waals surface area contributed by atoms with Crippen LogP contribution >= 0.6 is 0 Å². The minimum absolute atomic E-state index is 0.587. The molecule has 1 saturated carbocycles. The molecule has 2 rings (SSSR count). The van der Waals surface area contributed by atoms with Crippen molar-refractivity contribution in [3.05, 3.63) is 35.9 Å². The molecule has 78 valence electrons. The van der Waals surface area contributed by atoms with Crippen LogP contribution in [0.2, 0.25) is 0 Å². The standard InChI is InChI=1S/C13H14O2/c1-15-12-6-4-11(5-7-12)13(8-9-14)10-2-3-10/h4-10H,2-3H2,1H3/b13-8-. The van der Waals surface area contributed by atoms with Crippen molar-refractivity contribution in [1.29, 1.82) is 0 Å². The van der Waals surface area contributed by atoms with Gasteiger partial charge in [0.1, 0.15) is 12.0 Å². The summed E-state index contributed by atoms with van der Waals surface area (Å²) in [4.78, 5) is 10.5. The number of ether oxygens (including phenoxy) is 1. The van der Waals surface area contributed by atoms with Crippen molar-refractivity contribution in [2.45, 2.75) is 12.8 Å². The van der Waals surface area contributed by atoms with E-state index in [0.717, 1.165) is 23.2 Å². The third kappa shape index (κ3) is 2.27. The van der Waals surface area contributed by atoms with Gasteiger partial charge in [0.25, 0.3) is 0 Å². The minimum atomic E-state index is 0.587. The predicted molar refractivity (Wildman–Crippen MR) is 59.8 cm³/mol. The number of carbonyl (C=O) groups excluding carboxylic acids is 1. The topological polar surface area (TPSA) is 26.3 Å². The third-order valence-corrected chi connectivity index (χ3v) is 2.69. The Bertz CT molecular complexity index is 372. The van der Waals surface area contributed by atoms with Gasteiger partial charge in [0.05, 0.1) is 7.11 Å². The number of allylic oxidation sites excluding steroid dienone is 2. The van der Waals surface area contributed by atoms with Crippen LogP contribution in [-0.2, 0) is 4.79 Å². The zero-order chi connectivity index (χ0) is 10.7. The first kappa shape index (κ1) is 9.97. The van der Waals surface area contributed by atoms with E-state index in [4.69, 9.17) is 4.74 Å². The number of aldehydes is 1. The Balaban J connectivity index is 2.25. The van der Waals surface area contributed by atoms with Gasteiger partial charge in [0.2, 0.25) is 0 Å². The van der Waals surface area contributed by atoms with Crippen molar-refractivity contribution in [1.82, 2.24) is 0 Å². The average molecular weight is 202 g/mol. The van der Waals surface area contributed by atoms with Crippen molar-refractivity contribution < 1.29 is 9.53 Å². The zero-order valence-electron chi connectivity index (χ0n) is 8.77. The van der Waals surface area contributed by atoms with Gasteiger partial charge in [-0.15, -0.1) is 0 Å². The predicted octanol–water partition coefficient (Wildman–Crippen LogP) is 2.69. The third-order valence-electron chi connectivity index (χ3n) is 2.69. The van der Waals surface area contributed by atoms with Gasteiger partial charge in [-0.1, -0.05) is 12.1 Å². The van der Waals surface area contributed by atoms with E-state index in [0.29, 0.717) is 5.92 Å². The molecule has 0 saturated heterocycles. The Morgan fingerprint density at radius 2 is 2.00 bits per heavy atom. The van der Waals surface area contributed by atoms with Crippen LogP contribution in [0.15, 0.2) is 30.3 Å². The maximum atomic E-state index is 10.5. The quantitative estimate of drug-likeness (QED) is 0.554. The Labute approximate surface area is 89.6 Å². The molecule has 0 unspecified atom stereocenters. The molecule has 1 aromatic rings. The van der Waals surface area contributed by atoms with E-state index in [-0.39, 0.29) is 0 Å². The maximum absolute atomic E-state index is 10.5. The molecular weight excluding hydrogens is 188 g/mol. The second-order valence-electron chi connectivity index (χ2n) is 3.76. The van der Waals surface area contributed by atoms with Crippen LogP contribution < -0.4 is 4.74 Å². The van der Waals surface area contributed by atoms with Gasteiger partial charge in [-0.3, -0.25) is 4.79 Å². The Morgan fingerprint density at radius 1 is 1.33 bits per heavy atom. The molecule has 2 nitrogen and oxygen atoms in total. The molecule has 2 heteroatoms. The summed E-state index contributed by atoms with van der Waals surface area (Å²) < 4.78 is 5.10. The van der Waals surface area contributed by atoms with E-state index in [1.54, 1.807) is 13.2 Å². The molecule has 0 aromatic heterocycles. The van der Waals surface area contributed by atoms with E-state index in [2.05, 4.69) is 0 Å². The Hall–Kier alpha value is -1.57. The first-order valence-corrected chi connectivity index (χ1v) is 5.15. The lowest BCUT2D eigenvalue weighted by Crippen LogP contribution is -1.89. The summed E-state index contributed by atoms with van der Waals surface area (Å²) in [5, 5.41) is 0. The summed E-state index contributed by atoms with van der Waals surface area (Å²) in [5.41, 5.74) is 2.29. The monoisotopic (exact) mass is 202 g/mol. The van der Waals surface area contributed by atoms with Gasteiger partial charge in [0, 0.05) is 0 Å². The molecule has 0 radical (unpaired) electrons. The van der Waals surface area contributed by atoms with E-state index in [1.165, 1.54) is 12.8 Å². The summed E-state index contributed by atoms with van der Waals surface area (Å²) in [6, 6.07) is 7.87. The molecule has 0 amide bonds. The van der Waals surface area contributed by atoms with Crippen molar-refractivity contribution in [2.75, 3.05) is 7.11 Å². The minimum Gasteiger partial charge on any atom is -0.497 e. The van der Waals surface area contributed by atoms with Crippen LogP contribution in [-0.4, -0.2) is 13.4 Å². The summed E-state index contributed by atoms with van der Waals surface area (Å²) >= 11 is 0. The maximum Gasteiger partial charge on any atom is 0.143 e. The second-order valence-corrected chi connectivity index (χ2v) is 3.76. The molecule has 0 aliphatic heterocycles. The number of hydrogen-bond acceptors (Lipinski definition) is 2. The van der Waals surface area contributed by atoms with Crippen LogP contribution in [0.5, 0.6) is 5.75 Å². The van der Waals surface area contributed by atoms with Crippen LogP contribution in [0.25, 0.3) is 5.57 Å². The number of hydrogen-bond donors (Lipinski definition) is 0. The van der Waals surface area contributed by atoms with Crippen LogP contribution in [0.4, 0.5) is 0 Å². The lowest BCUT2D eigenvalue weighted by Gasteiger charge is -2.06. The highest BCUT2D eigenvalue weighted by Crippen LogP contribution is 2.41. The molecule has 0 bridgehead atoms. The fourth-order valence-corrected chi connectivity index (χ4v) is 1.72. The van der Waals surface area contributed by atoms with Crippen molar-refractivity contribution in [3.8, 4) is 5.75 Å². The Kier molecular flexibility index (Phi) is 2.86. The molecule has 0 spiro atoms. The van der Waals surface area contributed by atoms with Gasteiger partial charge in [-0.05, 0) is 48.1 Å². The van der Waals surface area contributed by atoms with E-state index in [9.17, 15) is 4.79 Å². The van der Waals surface area contributed by atoms with Crippen molar-refractivity contribution in [3.63, 3.8) is 0 Å². The summed E-state index contributed by atoms with van der Waals surface area (Å²) in [5.74, 6) is 1.43. The second kappa shape index (κ2) is 4.30. The summed E-state index contributed by atoms with van der Waals surface area (Å²) in [6.45, 7) is 0. The van der Waals surface area contributed by atoms with Crippen LogP contribution in [0, 0.1) is 5.92 Å². The molecule has 1 aliphatic carbocycles. The molecule has 1 aliphatic rings. The molecule has 0 heterocycles. The summed E-state index contributed by atoms with van der Waals surface area (Å²) in [6.07, 6.45) is 4.95. The summed E-state index contributed by atoms with van der Waals surface area (Å²) in [7, 11) is 1.65. The van der Waals surface area contributed by atoms with Gasteiger partial charge in [-0.2, -0.15) is 0 Å². The van der Waals surface area contributed by atoms with Gasteiger partial charge < -0.3 is 4.74 Å². The lowest BCUT2D eigenvalue weighted by atomic mass is 10.0. The first-order valence-electron chi connectivity index (χ1n) is 5.15. The van der Waals surface area contributed by atoms with Gasteiger partial charge in [-0.25, -0.2) is 0 Å². The Morgan fingerprint density at radius 3 is 2.47 bits per heavy atom. The van der Waals surface area contributed by atoms with Crippen molar-refractivity contribution >= 4 is 11.9 Å². The SMILES string of the molecule is COc1ccc(/C(=C\C=O)C2CC2)cc1. The zero-order valence-corrected chi connectivity index (χ0v) is 8.77. The average Bonchev–Trinajstić information content (AvgIpc) is 3.10. The lowest BCUT2D eigenvalue weighted by molar-refractivity contribution is -0.104. The van der Waals surface area contributed by atoms with Gasteiger partial charge in [0.15, 0.2) is 0 Å². The molecule has 1 fully saturated rings. The molecule has 0 atom stereocenters. The largest absolute Gasteiger partial charge is 0.497 e. The highest BCUT2D eigenvalue weighted by atomic mass is 16.5. The molecule has 1 aromatic carbocycles. The van der Waals surface area contributed by atoms with Crippen LogP contribution in [0.1, 0.15) is 18.4 Å². The van der Waals surface area contributed by atoms with E-state index >= 15 is 0 Å². The number of carbonyl (C=O) groups is 1. The first-order chi connectivity index (χ1) is 7.35. The van der Waals surface area contributed by atoms with Crippen LogP contribution in [0.3, 0.4) is 0 Å². The van der Waals surface area contributed by atoms with Gasteiger partial charge >= 0.3 is 0 Å². The number of rotatable bonds is 4. The fraction of sp³-hybridized carbons (Fsp3) is 0.308. The smallest absolute Gasteiger partial charge is 0.143 e. The van der Waals surface area contributed by atoms with E-state index < -0.39 is 0 Å². The normalized spacial score (nSPS) is 16.2.